The normalized spacial score (nSPS) is 11.4. The van der Waals surface area contributed by atoms with E-state index in [0.717, 1.165) is 16.6 Å². The highest BCUT2D eigenvalue weighted by molar-refractivity contribution is 6.07. The number of carbonyl (C=O) groups is 1. The van der Waals surface area contributed by atoms with Crippen LogP contribution < -0.4 is 0 Å². The third-order valence-corrected chi connectivity index (χ3v) is 3.35. The number of fused-ring (bicyclic) bond motifs is 3. The summed E-state index contributed by atoms with van der Waals surface area (Å²) in [6.45, 7) is 0. The number of aromatic amines is 1. The van der Waals surface area contributed by atoms with Crippen molar-refractivity contribution < 1.29 is 9.53 Å². The fourth-order valence-electron chi connectivity index (χ4n) is 2.34. The van der Waals surface area contributed by atoms with Crippen LogP contribution in [0.4, 0.5) is 0 Å². The molecule has 0 radical (unpaired) electrons. The van der Waals surface area contributed by atoms with Gasteiger partial charge in [-0.2, -0.15) is 0 Å². The summed E-state index contributed by atoms with van der Waals surface area (Å²) in [7, 11) is 1.40. The summed E-state index contributed by atoms with van der Waals surface area (Å²) in [5.41, 5.74) is 3.33. The molecule has 1 N–H and O–H groups in total. The Morgan fingerprint density at radius 3 is 2.80 bits per heavy atom. The van der Waals surface area contributed by atoms with Gasteiger partial charge >= 0.3 is 5.97 Å². The molecule has 0 bridgehead atoms. The van der Waals surface area contributed by atoms with E-state index in [1.54, 1.807) is 0 Å². The van der Waals surface area contributed by atoms with E-state index in [9.17, 15) is 4.79 Å². The van der Waals surface area contributed by atoms with Crippen molar-refractivity contribution in [1.82, 2.24) is 4.98 Å². The minimum atomic E-state index is -0.227. The van der Waals surface area contributed by atoms with Gasteiger partial charge in [0.1, 0.15) is 0 Å². The van der Waals surface area contributed by atoms with Gasteiger partial charge in [0.25, 0.3) is 0 Å². The lowest BCUT2D eigenvalue weighted by Gasteiger charge is -1.96. The van der Waals surface area contributed by atoms with E-state index < -0.39 is 0 Å². The number of benzene rings is 2. The number of methoxy groups -OCH3 is 1. The van der Waals surface area contributed by atoms with Gasteiger partial charge in [0.2, 0.25) is 0 Å². The number of ether oxygens (including phenoxy) is 1. The van der Waals surface area contributed by atoms with Gasteiger partial charge in [-0.05, 0) is 23.8 Å². The molecule has 3 aromatic rings. The molecule has 3 heteroatoms. The molecule has 0 spiro atoms. The smallest absolute Gasteiger partial charge is 0.309 e. The average molecular weight is 265 g/mol. The fraction of sp³-hybridized carbons (Fsp3) is 0.118. The van der Waals surface area contributed by atoms with Gasteiger partial charge in [-0.15, -0.1) is 0 Å². The Morgan fingerprint density at radius 1 is 1.15 bits per heavy atom. The van der Waals surface area contributed by atoms with E-state index in [0.29, 0.717) is 6.42 Å². The molecule has 0 fully saturated rings. The molecule has 1 aromatic heterocycles. The topological polar surface area (TPSA) is 42.1 Å². The Balaban J connectivity index is 1.97. The summed E-state index contributed by atoms with van der Waals surface area (Å²) in [6.07, 6.45) is 4.06. The van der Waals surface area contributed by atoms with Crippen LogP contribution in [-0.4, -0.2) is 18.1 Å². The summed E-state index contributed by atoms with van der Waals surface area (Å²) < 4.78 is 4.61. The first kappa shape index (κ1) is 12.5. The first-order valence-electron chi connectivity index (χ1n) is 6.52. The molecule has 2 aromatic carbocycles. The second kappa shape index (κ2) is 5.21. The molecular weight excluding hydrogens is 250 g/mol. The van der Waals surface area contributed by atoms with Crippen molar-refractivity contribution in [2.24, 2.45) is 0 Å². The molecule has 20 heavy (non-hydrogen) atoms. The molecule has 100 valence electrons. The van der Waals surface area contributed by atoms with Crippen LogP contribution in [0.1, 0.15) is 12.0 Å². The molecule has 0 aliphatic heterocycles. The maximum Gasteiger partial charge on any atom is 0.309 e. The van der Waals surface area contributed by atoms with E-state index in [1.807, 2.05) is 30.4 Å². The van der Waals surface area contributed by atoms with Crippen molar-refractivity contribution in [1.29, 1.82) is 0 Å². The summed E-state index contributed by atoms with van der Waals surface area (Å²) in [4.78, 5) is 14.5. The highest BCUT2D eigenvalue weighted by atomic mass is 16.5. The molecule has 0 aliphatic carbocycles. The number of nitrogens with one attached hydrogen (secondary N) is 1. The SMILES string of the molecule is COC(=O)C/C=C/c1ccc2[nH]c3ccccc3c2c1. The summed E-state index contributed by atoms with van der Waals surface area (Å²) in [6, 6.07) is 14.5. The van der Waals surface area contributed by atoms with Gasteiger partial charge in [-0.25, -0.2) is 0 Å². The van der Waals surface area contributed by atoms with Crippen molar-refractivity contribution in [2.45, 2.75) is 6.42 Å². The van der Waals surface area contributed by atoms with Crippen LogP contribution in [0.3, 0.4) is 0 Å². The standard InChI is InChI=1S/C17H15NO2/c1-20-17(19)8-4-5-12-9-10-16-14(11-12)13-6-2-3-7-15(13)18-16/h2-7,9-11,18H,8H2,1H3/b5-4+. The van der Waals surface area contributed by atoms with Gasteiger partial charge in [-0.1, -0.05) is 36.4 Å². The molecule has 0 unspecified atom stereocenters. The van der Waals surface area contributed by atoms with Gasteiger partial charge < -0.3 is 9.72 Å². The predicted molar refractivity (Wildman–Crippen MR) is 81.5 cm³/mol. The quantitative estimate of drug-likeness (QED) is 0.730. The monoisotopic (exact) mass is 265 g/mol. The van der Waals surface area contributed by atoms with Crippen LogP contribution in [0.5, 0.6) is 0 Å². The van der Waals surface area contributed by atoms with Crippen LogP contribution in [0.2, 0.25) is 0 Å². The van der Waals surface area contributed by atoms with Crippen molar-refractivity contribution in [3.05, 3.63) is 54.1 Å². The second-order valence-corrected chi connectivity index (χ2v) is 4.66. The molecule has 0 saturated heterocycles. The predicted octanol–water partition coefficient (Wildman–Crippen LogP) is 3.90. The third kappa shape index (κ3) is 2.30. The van der Waals surface area contributed by atoms with E-state index in [4.69, 9.17) is 0 Å². The molecule has 0 aliphatic rings. The van der Waals surface area contributed by atoms with Crippen LogP contribution in [0.15, 0.2) is 48.5 Å². The molecule has 0 atom stereocenters. The number of aromatic nitrogens is 1. The van der Waals surface area contributed by atoms with Crippen LogP contribution in [-0.2, 0) is 9.53 Å². The summed E-state index contributed by atoms with van der Waals surface area (Å²) in [5.74, 6) is -0.227. The van der Waals surface area contributed by atoms with Crippen molar-refractivity contribution >= 4 is 33.9 Å². The van der Waals surface area contributed by atoms with E-state index >= 15 is 0 Å². The third-order valence-electron chi connectivity index (χ3n) is 3.35. The number of H-pyrrole nitrogens is 1. The number of para-hydroxylation sites is 1. The summed E-state index contributed by atoms with van der Waals surface area (Å²) in [5, 5.41) is 2.41. The first-order chi connectivity index (χ1) is 9.78. The van der Waals surface area contributed by atoms with Crippen molar-refractivity contribution in [2.75, 3.05) is 7.11 Å². The van der Waals surface area contributed by atoms with E-state index in [2.05, 4.69) is 34.0 Å². The lowest BCUT2D eigenvalue weighted by atomic mass is 10.1. The van der Waals surface area contributed by atoms with E-state index in [1.165, 1.54) is 17.9 Å². The molecular formula is C17H15NO2. The number of carbonyl (C=O) groups excluding carboxylic acids is 1. The molecule has 0 saturated carbocycles. The van der Waals surface area contributed by atoms with Gasteiger partial charge in [0, 0.05) is 21.8 Å². The Bertz CT molecular complexity index is 799. The fourth-order valence-corrected chi connectivity index (χ4v) is 2.34. The first-order valence-corrected chi connectivity index (χ1v) is 6.52. The summed E-state index contributed by atoms with van der Waals surface area (Å²) >= 11 is 0. The van der Waals surface area contributed by atoms with Crippen molar-refractivity contribution in [3.8, 4) is 0 Å². The number of esters is 1. The maximum atomic E-state index is 11.1. The number of rotatable bonds is 3. The largest absolute Gasteiger partial charge is 0.469 e. The molecule has 3 rings (SSSR count). The molecule has 0 amide bonds. The highest BCUT2D eigenvalue weighted by Gasteiger charge is 2.03. The number of hydrogen-bond acceptors (Lipinski definition) is 2. The number of hydrogen-bond donors (Lipinski definition) is 1. The second-order valence-electron chi connectivity index (χ2n) is 4.66. The Morgan fingerprint density at radius 2 is 1.95 bits per heavy atom. The molecule has 1 heterocycles. The van der Waals surface area contributed by atoms with Gasteiger partial charge in [0.15, 0.2) is 0 Å². The minimum absolute atomic E-state index is 0.227. The lowest BCUT2D eigenvalue weighted by molar-refractivity contribution is -0.139. The Hall–Kier alpha value is -2.55. The zero-order chi connectivity index (χ0) is 13.9. The Labute approximate surface area is 116 Å². The maximum absolute atomic E-state index is 11.1. The van der Waals surface area contributed by atoms with Crippen molar-refractivity contribution in [3.63, 3.8) is 0 Å². The highest BCUT2D eigenvalue weighted by Crippen LogP contribution is 2.26. The van der Waals surface area contributed by atoms with Crippen LogP contribution >= 0.6 is 0 Å². The average Bonchev–Trinajstić information content (AvgIpc) is 2.85. The van der Waals surface area contributed by atoms with Gasteiger partial charge in [0.05, 0.1) is 13.5 Å². The van der Waals surface area contributed by atoms with Crippen LogP contribution in [0.25, 0.3) is 27.9 Å². The van der Waals surface area contributed by atoms with Gasteiger partial charge in [-0.3, -0.25) is 4.79 Å². The Kier molecular flexibility index (Phi) is 3.25. The zero-order valence-corrected chi connectivity index (χ0v) is 11.2. The van der Waals surface area contributed by atoms with E-state index in [-0.39, 0.29) is 5.97 Å². The minimum Gasteiger partial charge on any atom is -0.469 e. The lowest BCUT2D eigenvalue weighted by Crippen LogP contribution is -1.96. The van der Waals surface area contributed by atoms with Crippen LogP contribution in [0, 0.1) is 0 Å². The molecule has 3 nitrogen and oxygen atoms in total. The zero-order valence-electron chi connectivity index (χ0n) is 11.2.